The SMILES string of the molecule is COC(=O)c1ccc(C(=O)ON2C(=O)CC(S(=O)(=O)O)C2=O)cc1P(c1ccccc1)c1ccccc1. The summed E-state index contributed by atoms with van der Waals surface area (Å²) in [5.74, 6) is -4.23. The Hall–Kier alpha value is -3.92. The fourth-order valence-corrected chi connectivity index (χ4v) is 6.93. The molecular weight excluding hydrogens is 521 g/mol. The van der Waals surface area contributed by atoms with Crippen LogP contribution in [0.2, 0.25) is 0 Å². The minimum Gasteiger partial charge on any atom is -0.465 e. The maximum Gasteiger partial charge on any atom is 0.363 e. The van der Waals surface area contributed by atoms with Crippen LogP contribution < -0.4 is 15.9 Å². The molecule has 12 heteroatoms. The van der Waals surface area contributed by atoms with Crippen molar-refractivity contribution in [2.75, 3.05) is 7.11 Å². The highest BCUT2D eigenvalue weighted by Gasteiger charge is 2.48. The van der Waals surface area contributed by atoms with Gasteiger partial charge in [-0.1, -0.05) is 60.7 Å². The first-order valence-electron chi connectivity index (χ1n) is 10.8. The molecule has 1 aliphatic heterocycles. The van der Waals surface area contributed by atoms with Crippen molar-refractivity contribution in [1.29, 1.82) is 0 Å². The van der Waals surface area contributed by atoms with E-state index < -0.39 is 53.5 Å². The molecule has 4 rings (SSSR count). The third-order valence-electron chi connectivity index (χ3n) is 5.50. The van der Waals surface area contributed by atoms with Gasteiger partial charge in [-0.2, -0.15) is 8.42 Å². The van der Waals surface area contributed by atoms with Crippen LogP contribution >= 0.6 is 7.92 Å². The van der Waals surface area contributed by atoms with Crippen LogP contribution in [0.3, 0.4) is 0 Å². The lowest BCUT2D eigenvalue weighted by molar-refractivity contribution is -0.172. The molecule has 1 unspecified atom stereocenters. The standard InChI is InChI=1S/C25H20NO9PS/c1-34-25(30)19-13-12-16(24(29)35-26-22(27)15-21(23(26)28)37(31,32)33)14-20(19)36(17-8-4-2-5-9-17)18-10-6-3-7-11-18/h2-14,21H,15H2,1H3,(H,31,32,33). The van der Waals surface area contributed by atoms with Crippen LogP contribution in [-0.4, -0.2) is 54.1 Å². The van der Waals surface area contributed by atoms with Crippen LogP contribution in [-0.2, 0) is 29.3 Å². The minimum absolute atomic E-state index is 0.0336. The predicted molar refractivity (Wildman–Crippen MR) is 134 cm³/mol. The first kappa shape index (κ1) is 26.2. The number of amides is 2. The summed E-state index contributed by atoms with van der Waals surface area (Å²) in [5, 5.41) is 0.199. The summed E-state index contributed by atoms with van der Waals surface area (Å²) in [7, 11) is -5.00. The van der Waals surface area contributed by atoms with E-state index in [1.54, 1.807) is 0 Å². The summed E-state index contributed by atoms with van der Waals surface area (Å²) >= 11 is 0. The van der Waals surface area contributed by atoms with Crippen LogP contribution in [0.1, 0.15) is 27.1 Å². The first-order chi connectivity index (χ1) is 17.6. The van der Waals surface area contributed by atoms with Gasteiger partial charge in [-0.3, -0.25) is 14.1 Å². The van der Waals surface area contributed by atoms with Gasteiger partial charge in [0.2, 0.25) is 0 Å². The van der Waals surface area contributed by atoms with E-state index in [0.717, 1.165) is 10.6 Å². The second-order valence-corrected chi connectivity index (χ2v) is 11.6. The van der Waals surface area contributed by atoms with Crippen LogP contribution in [0.25, 0.3) is 0 Å². The zero-order valence-corrected chi connectivity index (χ0v) is 21.0. The topological polar surface area (TPSA) is 144 Å². The molecule has 3 aromatic carbocycles. The largest absolute Gasteiger partial charge is 0.465 e. The van der Waals surface area contributed by atoms with Gasteiger partial charge in [0, 0.05) is 5.30 Å². The highest BCUT2D eigenvalue weighted by Crippen LogP contribution is 2.35. The maximum absolute atomic E-state index is 13.0. The maximum atomic E-state index is 13.0. The number of rotatable bonds is 7. The number of methoxy groups -OCH3 is 1. The van der Waals surface area contributed by atoms with Crippen LogP contribution in [0.5, 0.6) is 0 Å². The van der Waals surface area contributed by atoms with Gasteiger partial charge in [-0.05, 0) is 36.7 Å². The van der Waals surface area contributed by atoms with Crippen molar-refractivity contribution in [1.82, 2.24) is 5.06 Å². The quantitative estimate of drug-likeness (QED) is 0.203. The molecule has 2 amide bonds. The van der Waals surface area contributed by atoms with Crippen molar-refractivity contribution in [2.45, 2.75) is 11.7 Å². The number of hydroxylamine groups is 2. The third-order valence-corrected chi connectivity index (χ3v) is 9.07. The van der Waals surface area contributed by atoms with Crippen LogP contribution in [0.15, 0.2) is 78.9 Å². The summed E-state index contributed by atoms with van der Waals surface area (Å²) in [6, 6.07) is 22.7. The third kappa shape index (κ3) is 5.43. The second-order valence-electron chi connectivity index (χ2n) is 7.84. The summed E-state index contributed by atoms with van der Waals surface area (Å²) in [6.07, 6.45) is -0.856. The predicted octanol–water partition coefficient (Wildman–Crippen LogP) is 1.32. The van der Waals surface area contributed by atoms with Gasteiger partial charge in [0.15, 0.2) is 5.25 Å². The number of carbonyl (C=O) groups is 4. The lowest BCUT2D eigenvalue weighted by atomic mass is 10.1. The number of hydrogen-bond donors (Lipinski definition) is 1. The molecule has 0 saturated carbocycles. The van der Waals surface area contributed by atoms with Gasteiger partial charge < -0.3 is 9.57 Å². The molecular formula is C25H20NO9PS. The molecule has 0 spiro atoms. The van der Waals surface area contributed by atoms with Gasteiger partial charge in [-0.15, -0.1) is 5.06 Å². The lowest BCUT2D eigenvalue weighted by Crippen LogP contribution is -2.37. The molecule has 1 heterocycles. The zero-order valence-electron chi connectivity index (χ0n) is 19.3. The van der Waals surface area contributed by atoms with Gasteiger partial charge >= 0.3 is 11.9 Å². The fraction of sp³-hybridized carbons (Fsp3) is 0.120. The molecule has 190 valence electrons. The number of imide groups is 1. The number of nitrogens with zero attached hydrogens (tertiary/aromatic N) is 1. The second kappa shape index (κ2) is 10.6. The molecule has 10 nitrogen and oxygen atoms in total. The smallest absolute Gasteiger partial charge is 0.363 e. The Morgan fingerprint density at radius 3 is 1.97 bits per heavy atom. The Labute approximate surface area is 213 Å². The van der Waals surface area contributed by atoms with Crippen molar-refractivity contribution in [3.63, 3.8) is 0 Å². The van der Waals surface area contributed by atoms with Crippen molar-refractivity contribution in [3.8, 4) is 0 Å². The average molecular weight is 541 g/mol. The molecule has 0 bridgehead atoms. The molecule has 1 aliphatic rings. The molecule has 0 aliphatic carbocycles. The van der Waals surface area contributed by atoms with E-state index in [-0.39, 0.29) is 16.2 Å². The molecule has 1 atom stereocenters. The van der Waals surface area contributed by atoms with E-state index in [1.807, 2.05) is 60.7 Å². The number of hydrogen-bond acceptors (Lipinski definition) is 8. The highest BCUT2D eigenvalue weighted by molar-refractivity contribution is 7.87. The number of ether oxygens (including phenoxy) is 1. The lowest BCUT2D eigenvalue weighted by Gasteiger charge is -2.22. The van der Waals surface area contributed by atoms with E-state index in [2.05, 4.69) is 0 Å². The molecule has 0 radical (unpaired) electrons. The number of esters is 1. The van der Waals surface area contributed by atoms with Crippen molar-refractivity contribution >= 4 is 57.7 Å². The summed E-state index contributed by atoms with van der Waals surface area (Å²) in [5.41, 5.74) is 0.107. The van der Waals surface area contributed by atoms with Crippen LogP contribution in [0.4, 0.5) is 0 Å². The number of benzene rings is 3. The van der Waals surface area contributed by atoms with Crippen molar-refractivity contribution < 1.29 is 41.7 Å². The van der Waals surface area contributed by atoms with E-state index in [9.17, 15) is 32.1 Å². The van der Waals surface area contributed by atoms with E-state index in [0.29, 0.717) is 5.30 Å². The molecule has 37 heavy (non-hydrogen) atoms. The molecule has 1 fully saturated rings. The number of carbonyl (C=O) groups excluding carboxylic acids is 4. The van der Waals surface area contributed by atoms with E-state index >= 15 is 0 Å². The minimum atomic E-state index is -4.87. The highest BCUT2D eigenvalue weighted by atomic mass is 32.2. The molecule has 3 aromatic rings. The van der Waals surface area contributed by atoms with Gasteiger partial charge in [-0.25, -0.2) is 9.59 Å². The zero-order chi connectivity index (χ0) is 26.7. The monoisotopic (exact) mass is 541 g/mol. The normalized spacial score (nSPS) is 15.6. The van der Waals surface area contributed by atoms with Crippen molar-refractivity contribution in [3.05, 3.63) is 90.0 Å². The van der Waals surface area contributed by atoms with Crippen LogP contribution in [0, 0.1) is 0 Å². The van der Waals surface area contributed by atoms with Gasteiger partial charge in [0.05, 0.1) is 24.7 Å². The Kier molecular flexibility index (Phi) is 7.49. The Morgan fingerprint density at radius 2 is 1.49 bits per heavy atom. The van der Waals surface area contributed by atoms with E-state index in [4.69, 9.17) is 9.57 Å². The first-order valence-corrected chi connectivity index (χ1v) is 13.6. The molecule has 0 aromatic heterocycles. The summed E-state index contributed by atoms with van der Waals surface area (Å²) in [4.78, 5) is 55.0. The summed E-state index contributed by atoms with van der Waals surface area (Å²) in [6.45, 7) is 0. The molecule has 1 N–H and O–H groups in total. The van der Waals surface area contributed by atoms with Crippen molar-refractivity contribution in [2.24, 2.45) is 0 Å². The summed E-state index contributed by atoms with van der Waals surface area (Å²) < 4.78 is 36.9. The Bertz CT molecular complexity index is 1440. The fourth-order valence-electron chi connectivity index (χ4n) is 3.75. The Balaban J connectivity index is 1.77. The Morgan fingerprint density at radius 1 is 0.919 bits per heavy atom. The van der Waals surface area contributed by atoms with Gasteiger partial charge in [0.25, 0.3) is 21.9 Å². The van der Waals surface area contributed by atoms with Gasteiger partial charge in [0.1, 0.15) is 0 Å². The average Bonchev–Trinajstić information content (AvgIpc) is 3.18. The van der Waals surface area contributed by atoms with E-state index in [1.165, 1.54) is 25.3 Å². The molecule has 1 saturated heterocycles.